The average Bonchev–Trinajstić information content (AvgIpc) is 2.29. The second-order valence-corrected chi connectivity index (χ2v) is 5.34. The quantitative estimate of drug-likeness (QED) is 0.754. The molecule has 0 spiro atoms. The van der Waals surface area contributed by atoms with Crippen LogP contribution in [0.1, 0.15) is 20.3 Å². The third-order valence-electron chi connectivity index (χ3n) is 2.43. The Labute approximate surface area is 116 Å². The van der Waals surface area contributed by atoms with Crippen molar-refractivity contribution in [1.82, 2.24) is 5.32 Å². The van der Waals surface area contributed by atoms with E-state index < -0.39 is 0 Å². The standard InChI is InChI=1S/C13H19BrN2O2/c1-9(7-10(2)17)15-8-13(18)16-12-5-3-11(14)4-6-12/h3-6,9-10,15,17H,7-8H2,1-2H3,(H,16,18). The lowest BCUT2D eigenvalue weighted by Gasteiger charge is -2.15. The van der Waals surface area contributed by atoms with E-state index in [1.54, 1.807) is 6.92 Å². The second kappa shape index (κ2) is 7.51. The molecule has 1 amide bonds. The highest BCUT2D eigenvalue weighted by Crippen LogP contribution is 2.13. The van der Waals surface area contributed by atoms with Crippen molar-refractivity contribution in [2.45, 2.75) is 32.4 Å². The van der Waals surface area contributed by atoms with E-state index in [0.717, 1.165) is 10.2 Å². The van der Waals surface area contributed by atoms with Gasteiger partial charge in [-0.15, -0.1) is 0 Å². The molecule has 0 saturated carbocycles. The molecule has 0 aliphatic carbocycles. The molecular weight excluding hydrogens is 296 g/mol. The molecule has 0 aliphatic heterocycles. The fourth-order valence-electron chi connectivity index (χ4n) is 1.60. The first kappa shape index (κ1) is 15.1. The van der Waals surface area contributed by atoms with Crippen LogP contribution in [0.15, 0.2) is 28.7 Å². The minimum atomic E-state index is -0.359. The highest BCUT2D eigenvalue weighted by Gasteiger charge is 2.08. The molecule has 0 heterocycles. The third kappa shape index (κ3) is 6.14. The van der Waals surface area contributed by atoms with Gasteiger partial charge in [0, 0.05) is 16.2 Å². The zero-order valence-electron chi connectivity index (χ0n) is 10.6. The van der Waals surface area contributed by atoms with E-state index >= 15 is 0 Å². The molecule has 0 saturated heterocycles. The molecule has 2 atom stereocenters. The first-order valence-electron chi connectivity index (χ1n) is 5.94. The number of amides is 1. The summed E-state index contributed by atoms with van der Waals surface area (Å²) in [5.41, 5.74) is 0.771. The van der Waals surface area contributed by atoms with E-state index in [-0.39, 0.29) is 24.6 Å². The summed E-state index contributed by atoms with van der Waals surface area (Å²) in [6, 6.07) is 7.53. The van der Waals surface area contributed by atoms with Gasteiger partial charge in [0.2, 0.25) is 5.91 Å². The maximum Gasteiger partial charge on any atom is 0.238 e. The SMILES string of the molecule is CC(O)CC(C)NCC(=O)Nc1ccc(Br)cc1. The first-order valence-corrected chi connectivity index (χ1v) is 6.73. The summed E-state index contributed by atoms with van der Waals surface area (Å²) in [4.78, 5) is 11.6. The Morgan fingerprint density at radius 1 is 1.33 bits per heavy atom. The summed E-state index contributed by atoms with van der Waals surface area (Å²) >= 11 is 3.34. The van der Waals surface area contributed by atoms with Crippen LogP contribution in [0.5, 0.6) is 0 Å². The predicted molar refractivity (Wildman–Crippen MR) is 76.5 cm³/mol. The molecule has 0 aliphatic rings. The molecule has 0 aromatic heterocycles. The van der Waals surface area contributed by atoms with Gasteiger partial charge in [0.1, 0.15) is 0 Å². The third-order valence-corrected chi connectivity index (χ3v) is 2.96. The molecule has 18 heavy (non-hydrogen) atoms. The number of aliphatic hydroxyl groups is 1. The first-order chi connectivity index (χ1) is 8.47. The van der Waals surface area contributed by atoms with Crippen molar-refractivity contribution >= 4 is 27.5 Å². The molecule has 100 valence electrons. The summed E-state index contributed by atoms with van der Waals surface area (Å²) in [7, 11) is 0. The van der Waals surface area contributed by atoms with Gasteiger partial charge in [0.05, 0.1) is 12.6 Å². The Bertz CT molecular complexity index is 379. The van der Waals surface area contributed by atoms with E-state index in [1.165, 1.54) is 0 Å². The zero-order chi connectivity index (χ0) is 13.5. The largest absolute Gasteiger partial charge is 0.393 e. The van der Waals surface area contributed by atoms with Crippen molar-refractivity contribution in [2.75, 3.05) is 11.9 Å². The fourth-order valence-corrected chi connectivity index (χ4v) is 1.86. The number of hydrogen-bond acceptors (Lipinski definition) is 3. The number of hydrogen-bond donors (Lipinski definition) is 3. The summed E-state index contributed by atoms with van der Waals surface area (Å²) < 4.78 is 0.976. The van der Waals surface area contributed by atoms with Crippen molar-refractivity contribution in [2.24, 2.45) is 0 Å². The van der Waals surface area contributed by atoms with Crippen molar-refractivity contribution in [3.05, 3.63) is 28.7 Å². The van der Waals surface area contributed by atoms with E-state index in [4.69, 9.17) is 0 Å². The number of halogens is 1. The normalized spacial score (nSPS) is 14.0. The molecule has 1 rings (SSSR count). The summed E-state index contributed by atoms with van der Waals surface area (Å²) in [5, 5.41) is 15.1. The van der Waals surface area contributed by atoms with Gasteiger partial charge in [0.25, 0.3) is 0 Å². The molecule has 2 unspecified atom stereocenters. The lowest BCUT2D eigenvalue weighted by atomic mass is 10.1. The Kier molecular flexibility index (Phi) is 6.32. The molecule has 0 fully saturated rings. The number of benzene rings is 1. The molecule has 5 heteroatoms. The van der Waals surface area contributed by atoms with Crippen molar-refractivity contribution in [3.8, 4) is 0 Å². The number of carbonyl (C=O) groups is 1. The molecule has 0 radical (unpaired) electrons. The Balaban J connectivity index is 2.31. The van der Waals surface area contributed by atoms with Gasteiger partial charge < -0.3 is 15.7 Å². The minimum Gasteiger partial charge on any atom is -0.393 e. The van der Waals surface area contributed by atoms with Crippen molar-refractivity contribution in [1.29, 1.82) is 0 Å². The number of anilines is 1. The lowest BCUT2D eigenvalue weighted by Crippen LogP contribution is -2.36. The van der Waals surface area contributed by atoms with Gasteiger partial charge in [-0.3, -0.25) is 4.79 Å². The highest BCUT2D eigenvalue weighted by atomic mass is 79.9. The van der Waals surface area contributed by atoms with Crippen LogP contribution in [-0.2, 0) is 4.79 Å². The molecule has 1 aromatic rings. The maximum atomic E-state index is 11.6. The number of rotatable bonds is 6. The van der Waals surface area contributed by atoms with Crippen LogP contribution in [0, 0.1) is 0 Å². The van der Waals surface area contributed by atoms with E-state index in [9.17, 15) is 9.90 Å². The fraction of sp³-hybridized carbons (Fsp3) is 0.462. The van der Waals surface area contributed by atoms with Gasteiger partial charge in [-0.1, -0.05) is 15.9 Å². The maximum absolute atomic E-state index is 11.6. The Morgan fingerprint density at radius 2 is 1.94 bits per heavy atom. The van der Waals surface area contributed by atoms with Gasteiger partial charge in [0.15, 0.2) is 0 Å². The van der Waals surface area contributed by atoms with Crippen molar-refractivity contribution < 1.29 is 9.90 Å². The van der Waals surface area contributed by atoms with Crippen LogP contribution < -0.4 is 10.6 Å². The predicted octanol–water partition coefficient (Wildman–Crippen LogP) is 2.14. The van der Waals surface area contributed by atoms with Crippen molar-refractivity contribution in [3.63, 3.8) is 0 Å². The molecule has 4 nitrogen and oxygen atoms in total. The summed E-state index contributed by atoms with van der Waals surface area (Å²) in [6.45, 7) is 3.92. The molecule has 3 N–H and O–H groups in total. The van der Waals surface area contributed by atoms with Crippen LogP contribution in [0.25, 0.3) is 0 Å². The summed E-state index contributed by atoms with van der Waals surface area (Å²) in [6.07, 6.45) is 0.271. The van der Waals surface area contributed by atoms with E-state index in [0.29, 0.717) is 6.42 Å². The smallest absolute Gasteiger partial charge is 0.238 e. The van der Waals surface area contributed by atoms with Gasteiger partial charge in [-0.2, -0.15) is 0 Å². The average molecular weight is 315 g/mol. The second-order valence-electron chi connectivity index (χ2n) is 4.42. The van der Waals surface area contributed by atoms with E-state index in [2.05, 4.69) is 26.6 Å². The number of nitrogens with one attached hydrogen (secondary N) is 2. The van der Waals surface area contributed by atoms with Crippen LogP contribution in [0.4, 0.5) is 5.69 Å². The summed E-state index contributed by atoms with van der Waals surface area (Å²) in [5.74, 6) is -0.0882. The van der Waals surface area contributed by atoms with E-state index in [1.807, 2.05) is 31.2 Å². The van der Waals surface area contributed by atoms with Crippen LogP contribution in [-0.4, -0.2) is 29.7 Å². The lowest BCUT2D eigenvalue weighted by molar-refractivity contribution is -0.115. The van der Waals surface area contributed by atoms with Crippen LogP contribution in [0.3, 0.4) is 0 Å². The number of carbonyl (C=O) groups excluding carboxylic acids is 1. The molecule has 1 aromatic carbocycles. The van der Waals surface area contributed by atoms with Crippen LogP contribution >= 0.6 is 15.9 Å². The molecular formula is C13H19BrN2O2. The topological polar surface area (TPSA) is 61.4 Å². The monoisotopic (exact) mass is 314 g/mol. The Morgan fingerprint density at radius 3 is 2.50 bits per heavy atom. The van der Waals surface area contributed by atoms with Gasteiger partial charge in [-0.25, -0.2) is 0 Å². The minimum absolute atomic E-state index is 0.0882. The van der Waals surface area contributed by atoms with Gasteiger partial charge >= 0.3 is 0 Å². The van der Waals surface area contributed by atoms with Gasteiger partial charge in [-0.05, 0) is 44.5 Å². The van der Waals surface area contributed by atoms with Crippen LogP contribution in [0.2, 0.25) is 0 Å². The highest BCUT2D eigenvalue weighted by molar-refractivity contribution is 9.10. The zero-order valence-corrected chi connectivity index (χ0v) is 12.2. The Hall–Kier alpha value is -0.910. The molecule has 0 bridgehead atoms. The number of aliphatic hydroxyl groups excluding tert-OH is 1.